The van der Waals surface area contributed by atoms with Gasteiger partial charge >= 0.3 is 5.97 Å². The van der Waals surface area contributed by atoms with Gasteiger partial charge in [-0.3, -0.25) is 14.9 Å². The predicted molar refractivity (Wildman–Crippen MR) is 70.6 cm³/mol. The summed E-state index contributed by atoms with van der Waals surface area (Å²) in [7, 11) is -4.03. The Kier molecular flexibility index (Phi) is 4.46. The van der Waals surface area contributed by atoms with Crippen molar-refractivity contribution in [2.75, 3.05) is 0 Å². The molecule has 110 valence electrons. The highest BCUT2D eigenvalue weighted by Crippen LogP contribution is 2.20. The fourth-order valence-corrected chi connectivity index (χ4v) is 3.07. The summed E-state index contributed by atoms with van der Waals surface area (Å²) in [5.41, 5.74) is -2.03. The Balaban J connectivity index is 3.04. The summed E-state index contributed by atoms with van der Waals surface area (Å²) in [6, 6.07) is 5.39. The van der Waals surface area contributed by atoms with E-state index in [9.17, 15) is 23.3 Å². The van der Waals surface area contributed by atoms with Crippen LogP contribution in [0.1, 0.15) is 19.4 Å². The Morgan fingerprint density at radius 2 is 1.95 bits per heavy atom. The third-order valence-electron chi connectivity index (χ3n) is 2.48. The molecule has 9 heteroatoms. The number of para-hydroxylation sites is 1. The van der Waals surface area contributed by atoms with E-state index in [0.29, 0.717) is 0 Å². The monoisotopic (exact) mass is 302 g/mol. The largest absolute Gasteiger partial charge is 0.480 e. The molecule has 0 bridgehead atoms. The Morgan fingerprint density at radius 1 is 1.40 bits per heavy atom. The van der Waals surface area contributed by atoms with Gasteiger partial charge in [0.2, 0.25) is 10.0 Å². The van der Waals surface area contributed by atoms with Crippen molar-refractivity contribution in [1.82, 2.24) is 4.72 Å². The van der Waals surface area contributed by atoms with E-state index in [-0.39, 0.29) is 11.3 Å². The summed E-state index contributed by atoms with van der Waals surface area (Å²) >= 11 is 0. The van der Waals surface area contributed by atoms with Crippen molar-refractivity contribution < 1.29 is 23.2 Å². The molecule has 0 fully saturated rings. The van der Waals surface area contributed by atoms with E-state index >= 15 is 0 Å². The molecule has 20 heavy (non-hydrogen) atoms. The van der Waals surface area contributed by atoms with Crippen molar-refractivity contribution in [3.63, 3.8) is 0 Å². The molecule has 1 rings (SSSR count). The first-order valence-electron chi connectivity index (χ1n) is 5.52. The fraction of sp³-hybridized carbons (Fsp3) is 0.364. The molecule has 0 aliphatic rings. The summed E-state index contributed by atoms with van der Waals surface area (Å²) in [6.45, 7) is 2.37. The number of aliphatic carboxylic acids is 1. The van der Waals surface area contributed by atoms with Crippen LogP contribution < -0.4 is 4.72 Å². The summed E-state index contributed by atoms with van der Waals surface area (Å²) in [5, 5.41) is 19.7. The molecule has 0 radical (unpaired) electrons. The second kappa shape index (κ2) is 5.55. The van der Waals surface area contributed by atoms with E-state index in [1.54, 1.807) is 0 Å². The molecular weight excluding hydrogens is 288 g/mol. The Morgan fingerprint density at radius 3 is 2.45 bits per heavy atom. The number of rotatable bonds is 6. The van der Waals surface area contributed by atoms with E-state index in [0.717, 1.165) is 0 Å². The quantitative estimate of drug-likeness (QED) is 0.593. The normalized spacial score (nSPS) is 12.1. The highest BCUT2D eigenvalue weighted by Gasteiger charge is 2.33. The molecule has 1 aromatic rings. The average Bonchev–Trinajstić information content (AvgIpc) is 2.26. The van der Waals surface area contributed by atoms with Crippen LogP contribution >= 0.6 is 0 Å². The lowest BCUT2D eigenvalue weighted by atomic mass is 10.1. The lowest BCUT2D eigenvalue weighted by Gasteiger charge is -2.20. The minimum atomic E-state index is -4.03. The van der Waals surface area contributed by atoms with Crippen molar-refractivity contribution in [3.05, 3.63) is 39.9 Å². The smallest absolute Gasteiger partial charge is 0.324 e. The average molecular weight is 302 g/mol. The van der Waals surface area contributed by atoms with Crippen molar-refractivity contribution in [1.29, 1.82) is 0 Å². The van der Waals surface area contributed by atoms with Crippen LogP contribution in [0.25, 0.3) is 0 Å². The topological polar surface area (TPSA) is 127 Å². The molecule has 0 spiro atoms. The van der Waals surface area contributed by atoms with Gasteiger partial charge in [0.25, 0.3) is 5.69 Å². The van der Waals surface area contributed by atoms with Gasteiger partial charge in [-0.2, -0.15) is 4.72 Å². The maximum Gasteiger partial charge on any atom is 0.324 e. The molecule has 0 saturated carbocycles. The third-order valence-corrected chi connectivity index (χ3v) is 3.99. The molecule has 0 saturated heterocycles. The van der Waals surface area contributed by atoms with Gasteiger partial charge in [-0.05, 0) is 13.8 Å². The second-order valence-corrected chi connectivity index (χ2v) is 6.40. The number of nitrogens with one attached hydrogen (secondary N) is 1. The van der Waals surface area contributed by atoms with Crippen LogP contribution in [0.3, 0.4) is 0 Å². The van der Waals surface area contributed by atoms with Crippen LogP contribution in [0, 0.1) is 10.1 Å². The van der Waals surface area contributed by atoms with Crippen LogP contribution in [-0.2, 0) is 20.6 Å². The molecule has 0 aliphatic carbocycles. The minimum Gasteiger partial charge on any atom is -0.480 e. The van der Waals surface area contributed by atoms with E-state index in [2.05, 4.69) is 0 Å². The molecule has 0 amide bonds. The highest BCUT2D eigenvalue weighted by molar-refractivity contribution is 7.88. The lowest BCUT2D eigenvalue weighted by molar-refractivity contribution is -0.385. The predicted octanol–water partition coefficient (Wildman–Crippen LogP) is 0.877. The Labute approximate surface area is 115 Å². The molecule has 0 heterocycles. The van der Waals surface area contributed by atoms with Crippen LogP contribution in [0.5, 0.6) is 0 Å². The number of carboxylic acid groups (broad SMARTS) is 1. The van der Waals surface area contributed by atoms with Crippen molar-refractivity contribution in [3.8, 4) is 0 Å². The summed E-state index contributed by atoms with van der Waals surface area (Å²) < 4.78 is 25.8. The molecule has 0 aromatic heterocycles. The van der Waals surface area contributed by atoms with Gasteiger partial charge in [0.15, 0.2) is 0 Å². The van der Waals surface area contributed by atoms with Crippen LogP contribution in [0.15, 0.2) is 24.3 Å². The van der Waals surface area contributed by atoms with Crippen molar-refractivity contribution >= 4 is 21.7 Å². The minimum absolute atomic E-state index is 0.00816. The number of nitro groups is 1. The maximum absolute atomic E-state index is 11.9. The van der Waals surface area contributed by atoms with E-state index in [1.807, 2.05) is 4.72 Å². The molecule has 0 aliphatic heterocycles. The molecule has 0 atom stereocenters. The summed E-state index contributed by atoms with van der Waals surface area (Å²) in [4.78, 5) is 21.0. The number of carboxylic acids is 1. The van der Waals surface area contributed by atoms with Crippen LogP contribution in [0.4, 0.5) is 5.69 Å². The SMILES string of the molecule is CC(C)(NS(=O)(=O)Cc1ccccc1[N+](=O)[O-])C(=O)O. The number of nitro benzene ring substituents is 1. The van der Waals surface area contributed by atoms with Crippen LogP contribution in [0.2, 0.25) is 0 Å². The first-order chi connectivity index (χ1) is 9.05. The zero-order chi connectivity index (χ0) is 15.6. The number of benzene rings is 1. The first-order valence-corrected chi connectivity index (χ1v) is 7.18. The number of carbonyl (C=O) groups is 1. The first kappa shape index (κ1) is 16.1. The number of hydrogen-bond donors (Lipinski definition) is 2. The standard InChI is InChI=1S/C11H14N2O6S/c1-11(2,10(14)15)12-20(18,19)7-8-5-3-4-6-9(8)13(16)17/h3-6,12H,7H2,1-2H3,(H,14,15). The van der Waals surface area contributed by atoms with Gasteiger partial charge in [0.05, 0.1) is 10.7 Å². The molecular formula is C11H14N2O6S. The molecule has 2 N–H and O–H groups in total. The van der Waals surface area contributed by atoms with Gasteiger partial charge < -0.3 is 5.11 Å². The van der Waals surface area contributed by atoms with Gasteiger partial charge in [-0.15, -0.1) is 0 Å². The molecule has 8 nitrogen and oxygen atoms in total. The van der Waals surface area contributed by atoms with Gasteiger partial charge in [-0.1, -0.05) is 18.2 Å². The van der Waals surface area contributed by atoms with Gasteiger partial charge in [0, 0.05) is 11.6 Å². The third kappa shape index (κ3) is 4.00. The summed E-state index contributed by atoms with van der Waals surface area (Å²) in [6.07, 6.45) is 0. The second-order valence-electron chi connectivity index (χ2n) is 4.68. The zero-order valence-corrected chi connectivity index (χ0v) is 11.7. The molecule has 0 unspecified atom stereocenters. The van der Waals surface area contributed by atoms with E-state index in [1.165, 1.54) is 38.1 Å². The highest BCUT2D eigenvalue weighted by atomic mass is 32.2. The number of sulfonamides is 1. The van der Waals surface area contributed by atoms with Crippen LogP contribution in [-0.4, -0.2) is 30.0 Å². The van der Waals surface area contributed by atoms with E-state index in [4.69, 9.17) is 5.11 Å². The van der Waals surface area contributed by atoms with Crippen molar-refractivity contribution in [2.45, 2.75) is 25.1 Å². The molecule has 1 aromatic carbocycles. The van der Waals surface area contributed by atoms with Gasteiger partial charge in [0.1, 0.15) is 5.54 Å². The maximum atomic E-state index is 11.9. The van der Waals surface area contributed by atoms with E-state index < -0.39 is 32.2 Å². The number of nitrogens with zero attached hydrogens (tertiary/aromatic N) is 1. The number of hydrogen-bond acceptors (Lipinski definition) is 5. The Bertz CT molecular complexity index is 638. The summed E-state index contributed by atoms with van der Waals surface area (Å²) in [5.74, 6) is -2.01. The lowest BCUT2D eigenvalue weighted by Crippen LogP contribution is -2.49. The fourth-order valence-electron chi connectivity index (χ4n) is 1.48. The van der Waals surface area contributed by atoms with Crippen molar-refractivity contribution in [2.24, 2.45) is 0 Å². The van der Waals surface area contributed by atoms with Gasteiger partial charge in [-0.25, -0.2) is 8.42 Å². The zero-order valence-electron chi connectivity index (χ0n) is 10.9. The Hall–Kier alpha value is -2.00.